The molecule has 0 aliphatic carbocycles. The molecule has 3 aromatic rings. The van der Waals surface area contributed by atoms with Crippen LogP contribution in [0.1, 0.15) is 42.4 Å². The van der Waals surface area contributed by atoms with E-state index in [1.54, 1.807) is 36.7 Å². The maximum atomic E-state index is 13.6. The van der Waals surface area contributed by atoms with E-state index in [1.807, 2.05) is 20.9 Å². The number of benzene rings is 1. The van der Waals surface area contributed by atoms with Crippen LogP contribution < -0.4 is 19.6 Å². The Morgan fingerprint density at radius 2 is 1.91 bits per heavy atom. The van der Waals surface area contributed by atoms with Crippen LogP contribution >= 0.6 is 11.3 Å². The van der Waals surface area contributed by atoms with Crippen LogP contribution in [-0.4, -0.2) is 33.5 Å². The molecule has 0 amide bonds. The number of nitrogens with zero attached hydrogens (tertiary/aromatic N) is 4. The summed E-state index contributed by atoms with van der Waals surface area (Å²) < 4.78 is 38.6. The summed E-state index contributed by atoms with van der Waals surface area (Å²) in [5.74, 6) is -0.628. The number of fused-ring (bicyclic) bond motifs is 1. The van der Waals surface area contributed by atoms with Gasteiger partial charge in [0.2, 0.25) is 0 Å². The van der Waals surface area contributed by atoms with E-state index >= 15 is 0 Å². The highest BCUT2D eigenvalue weighted by Gasteiger charge is 2.33. The van der Waals surface area contributed by atoms with Crippen molar-refractivity contribution in [2.75, 3.05) is 6.61 Å². The molecule has 3 heterocycles. The first-order valence-corrected chi connectivity index (χ1v) is 11.7. The summed E-state index contributed by atoms with van der Waals surface area (Å²) in [6.45, 7) is 4.33. The number of carbonyl (C=O) groups excluding carboxylic acids is 1. The molecule has 184 valence electrons. The van der Waals surface area contributed by atoms with E-state index in [2.05, 4.69) is 14.8 Å². The highest BCUT2D eigenvalue weighted by molar-refractivity contribution is 7.07. The minimum absolute atomic E-state index is 0.0305. The van der Waals surface area contributed by atoms with E-state index in [1.165, 1.54) is 28.0 Å². The Bertz CT molecular complexity index is 1500. The maximum Gasteiger partial charge on any atom is 0.387 e. The van der Waals surface area contributed by atoms with E-state index in [0.29, 0.717) is 20.6 Å². The lowest BCUT2D eigenvalue weighted by Gasteiger charge is -2.24. The molecular formula is C24H24F2N4O4S. The first-order chi connectivity index (χ1) is 16.6. The first kappa shape index (κ1) is 24.5. The highest BCUT2D eigenvalue weighted by Crippen LogP contribution is 2.31. The Hall–Kier alpha value is -3.60. The van der Waals surface area contributed by atoms with Gasteiger partial charge in [0, 0.05) is 18.3 Å². The summed E-state index contributed by atoms with van der Waals surface area (Å²) in [6.07, 6.45) is 1.78. The molecule has 4 rings (SSSR count). The molecule has 0 saturated carbocycles. The standard InChI is InChI=1S/C24H24F2N4O4S/c1-6-33-22(32)19-13(3)27-24-30(20(19)15-7-9-16(10-8-15)34-23(25)26)21(31)18(35-24)11-17-12(2)28-29(5)14(17)4/h7-11,20,23H,6H2,1-5H3/b18-11+. The molecule has 1 aliphatic heterocycles. The number of aryl methyl sites for hydroxylation is 2. The Balaban J connectivity index is 1.93. The number of allylic oxidation sites excluding steroid dienone is 1. The number of esters is 1. The van der Waals surface area contributed by atoms with Gasteiger partial charge < -0.3 is 9.47 Å². The molecule has 1 unspecified atom stereocenters. The summed E-state index contributed by atoms with van der Waals surface area (Å²) in [4.78, 5) is 31.5. The number of hydrogen-bond donors (Lipinski definition) is 0. The van der Waals surface area contributed by atoms with Gasteiger partial charge in [-0.3, -0.25) is 14.0 Å². The molecule has 0 bridgehead atoms. The molecule has 2 aromatic heterocycles. The zero-order valence-electron chi connectivity index (χ0n) is 19.8. The van der Waals surface area contributed by atoms with Gasteiger partial charge in [0.25, 0.3) is 5.56 Å². The summed E-state index contributed by atoms with van der Waals surface area (Å²) in [5, 5.41) is 4.40. The van der Waals surface area contributed by atoms with Gasteiger partial charge in [-0.25, -0.2) is 9.79 Å². The summed E-state index contributed by atoms with van der Waals surface area (Å²) in [5.41, 5.74) is 3.36. The molecule has 1 atom stereocenters. The Morgan fingerprint density at radius 1 is 1.23 bits per heavy atom. The van der Waals surface area contributed by atoms with Gasteiger partial charge in [0.1, 0.15) is 5.75 Å². The number of ether oxygens (including phenoxy) is 2. The quantitative estimate of drug-likeness (QED) is 0.484. The predicted octanol–water partition coefficient (Wildman–Crippen LogP) is 2.75. The summed E-state index contributed by atoms with van der Waals surface area (Å²) in [7, 11) is 1.83. The third-order valence-corrected chi connectivity index (χ3v) is 6.76. The van der Waals surface area contributed by atoms with Crippen molar-refractivity contribution in [1.82, 2.24) is 14.3 Å². The van der Waals surface area contributed by atoms with E-state index in [9.17, 15) is 18.4 Å². The normalized spacial score (nSPS) is 15.9. The van der Waals surface area contributed by atoms with Crippen molar-refractivity contribution in [3.05, 3.63) is 77.7 Å². The molecule has 8 nitrogen and oxygen atoms in total. The van der Waals surface area contributed by atoms with Crippen LogP contribution in [0.25, 0.3) is 6.08 Å². The van der Waals surface area contributed by atoms with Crippen molar-refractivity contribution in [2.45, 2.75) is 40.3 Å². The third kappa shape index (κ3) is 4.55. The number of alkyl halides is 2. The monoisotopic (exact) mass is 502 g/mol. The van der Waals surface area contributed by atoms with E-state index < -0.39 is 18.6 Å². The van der Waals surface area contributed by atoms with Crippen LogP contribution in [0.4, 0.5) is 8.78 Å². The number of halogens is 2. The van der Waals surface area contributed by atoms with Crippen LogP contribution in [0.5, 0.6) is 5.75 Å². The lowest BCUT2D eigenvalue weighted by molar-refractivity contribution is -0.139. The lowest BCUT2D eigenvalue weighted by atomic mass is 9.96. The SMILES string of the molecule is CCOC(=O)C1=C(C)N=c2s/c(=C/c3c(C)nn(C)c3C)c(=O)n2C1c1ccc(OC(F)F)cc1. The lowest BCUT2D eigenvalue weighted by Crippen LogP contribution is -2.39. The number of rotatable bonds is 6. The first-order valence-electron chi connectivity index (χ1n) is 10.9. The molecule has 0 radical (unpaired) electrons. The fraction of sp³-hybridized carbons (Fsp3) is 0.333. The van der Waals surface area contributed by atoms with Crippen molar-refractivity contribution in [2.24, 2.45) is 12.0 Å². The largest absolute Gasteiger partial charge is 0.463 e. The maximum absolute atomic E-state index is 13.6. The molecule has 1 aliphatic rings. The third-order valence-electron chi connectivity index (χ3n) is 5.78. The second kappa shape index (κ2) is 9.57. The zero-order chi connectivity index (χ0) is 25.4. The molecule has 0 saturated heterocycles. The van der Waals surface area contributed by atoms with Crippen LogP contribution in [0.15, 0.2) is 45.3 Å². The molecule has 0 N–H and O–H groups in total. The van der Waals surface area contributed by atoms with E-state index in [-0.39, 0.29) is 23.5 Å². The number of thiazole rings is 1. The smallest absolute Gasteiger partial charge is 0.387 e. The van der Waals surface area contributed by atoms with Gasteiger partial charge in [-0.2, -0.15) is 13.9 Å². The Labute approximate surface area is 203 Å². The van der Waals surface area contributed by atoms with E-state index in [0.717, 1.165) is 17.0 Å². The average Bonchev–Trinajstić information content (AvgIpc) is 3.23. The Morgan fingerprint density at radius 3 is 2.49 bits per heavy atom. The topological polar surface area (TPSA) is 87.7 Å². The van der Waals surface area contributed by atoms with Crippen molar-refractivity contribution >= 4 is 23.4 Å². The van der Waals surface area contributed by atoms with Crippen LogP contribution in [-0.2, 0) is 16.6 Å². The van der Waals surface area contributed by atoms with Crippen molar-refractivity contribution in [3.63, 3.8) is 0 Å². The molecule has 11 heteroatoms. The molecule has 0 spiro atoms. The second-order valence-electron chi connectivity index (χ2n) is 7.96. The van der Waals surface area contributed by atoms with Crippen molar-refractivity contribution in [3.8, 4) is 5.75 Å². The zero-order valence-corrected chi connectivity index (χ0v) is 20.7. The fourth-order valence-corrected chi connectivity index (χ4v) is 5.10. The predicted molar refractivity (Wildman–Crippen MR) is 126 cm³/mol. The van der Waals surface area contributed by atoms with Crippen molar-refractivity contribution in [1.29, 1.82) is 0 Å². The number of carbonyl (C=O) groups is 1. The van der Waals surface area contributed by atoms with Gasteiger partial charge in [0.15, 0.2) is 4.80 Å². The highest BCUT2D eigenvalue weighted by atomic mass is 32.1. The Kier molecular flexibility index (Phi) is 6.70. The number of aromatic nitrogens is 3. The van der Waals surface area contributed by atoms with Gasteiger partial charge >= 0.3 is 12.6 Å². The molecule has 35 heavy (non-hydrogen) atoms. The minimum Gasteiger partial charge on any atom is -0.463 e. The van der Waals surface area contributed by atoms with Gasteiger partial charge in [-0.15, -0.1) is 0 Å². The van der Waals surface area contributed by atoms with Gasteiger partial charge in [-0.05, 0) is 51.5 Å². The average molecular weight is 503 g/mol. The molecule has 1 aromatic carbocycles. The van der Waals surface area contributed by atoms with Crippen molar-refractivity contribution < 1.29 is 23.0 Å². The number of hydrogen-bond acceptors (Lipinski definition) is 7. The molecular weight excluding hydrogens is 478 g/mol. The van der Waals surface area contributed by atoms with Crippen LogP contribution in [0.2, 0.25) is 0 Å². The van der Waals surface area contributed by atoms with E-state index in [4.69, 9.17) is 4.74 Å². The summed E-state index contributed by atoms with van der Waals surface area (Å²) >= 11 is 1.21. The molecule has 0 fully saturated rings. The second-order valence-corrected chi connectivity index (χ2v) is 8.97. The van der Waals surface area contributed by atoms with Gasteiger partial charge in [0.05, 0.1) is 34.1 Å². The fourth-order valence-electron chi connectivity index (χ4n) is 4.07. The minimum atomic E-state index is -2.96. The van der Waals surface area contributed by atoms with Gasteiger partial charge in [-0.1, -0.05) is 23.5 Å². The van der Waals surface area contributed by atoms with Crippen LogP contribution in [0, 0.1) is 13.8 Å². The van der Waals surface area contributed by atoms with Crippen LogP contribution in [0.3, 0.4) is 0 Å². The summed E-state index contributed by atoms with van der Waals surface area (Å²) in [6, 6.07) is 5.00.